The number of thiazole rings is 1. The van der Waals surface area contributed by atoms with Crippen molar-refractivity contribution < 1.29 is 0 Å². The lowest BCUT2D eigenvalue weighted by Gasteiger charge is -2.19. The smallest absolute Gasteiger partial charge is 0.0941 e. The Morgan fingerprint density at radius 3 is 2.53 bits per heavy atom. The highest BCUT2D eigenvalue weighted by molar-refractivity contribution is 7.09. The number of aromatic nitrogens is 1. The number of benzene rings is 1. The molecule has 2 N–H and O–H groups in total. The molecule has 0 fully saturated rings. The Labute approximate surface area is 119 Å². The van der Waals surface area contributed by atoms with Crippen LogP contribution in [0, 0.1) is 13.8 Å². The molecule has 2 aromatic rings. The summed E-state index contributed by atoms with van der Waals surface area (Å²) in [7, 11) is 2.11. The van der Waals surface area contributed by atoms with Gasteiger partial charge in [-0.3, -0.25) is 0 Å². The minimum atomic E-state index is 0.667. The average molecular weight is 275 g/mol. The fraction of sp³-hybridized carbons (Fsp3) is 0.400. The summed E-state index contributed by atoms with van der Waals surface area (Å²) >= 11 is 1.70. The van der Waals surface area contributed by atoms with Crippen molar-refractivity contribution in [3.8, 4) is 0 Å². The normalized spacial score (nSPS) is 10.7. The molecule has 0 atom stereocenters. The van der Waals surface area contributed by atoms with Gasteiger partial charge in [0.05, 0.1) is 17.2 Å². The summed E-state index contributed by atoms with van der Waals surface area (Å²) in [6.07, 6.45) is 0.873. The van der Waals surface area contributed by atoms with Gasteiger partial charge in [0.25, 0.3) is 0 Å². The number of nitrogens with zero attached hydrogens (tertiary/aromatic N) is 2. The van der Waals surface area contributed by atoms with Gasteiger partial charge in [-0.25, -0.2) is 4.98 Å². The maximum atomic E-state index is 5.55. The van der Waals surface area contributed by atoms with Crippen LogP contribution in [0.15, 0.2) is 23.6 Å². The molecule has 0 amide bonds. The highest BCUT2D eigenvalue weighted by Gasteiger charge is 2.07. The lowest BCUT2D eigenvalue weighted by molar-refractivity contribution is 0.871. The van der Waals surface area contributed by atoms with Crippen LogP contribution in [-0.4, -0.2) is 18.6 Å². The van der Waals surface area contributed by atoms with Gasteiger partial charge in [-0.15, -0.1) is 11.3 Å². The van der Waals surface area contributed by atoms with Gasteiger partial charge in [-0.2, -0.15) is 0 Å². The van der Waals surface area contributed by atoms with Crippen molar-refractivity contribution in [3.63, 3.8) is 0 Å². The van der Waals surface area contributed by atoms with Gasteiger partial charge < -0.3 is 10.6 Å². The van der Waals surface area contributed by atoms with Gasteiger partial charge in [0.15, 0.2) is 0 Å². The molecule has 0 aliphatic rings. The maximum absolute atomic E-state index is 5.55. The number of hydrogen-bond acceptors (Lipinski definition) is 4. The Morgan fingerprint density at radius 2 is 1.89 bits per heavy atom. The Hall–Kier alpha value is -1.39. The predicted octanol–water partition coefficient (Wildman–Crippen LogP) is 2.90. The van der Waals surface area contributed by atoms with Crippen LogP contribution in [0.1, 0.15) is 21.8 Å². The van der Waals surface area contributed by atoms with Crippen molar-refractivity contribution in [1.82, 2.24) is 4.98 Å². The number of aryl methyl sites for hydroxylation is 2. The summed E-state index contributed by atoms with van der Waals surface area (Å²) in [6, 6.07) is 6.61. The van der Waals surface area contributed by atoms with E-state index in [0.29, 0.717) is 6.54 Å². The number of hydrogen-bond donors (Lipinski definition) is 1. The topological polar surface area (TPSA) is 42.1 Å². The van der Waals surface area contributed by atoms with E-state index < -0.39 is 0 Å². The molecule has 1 heterocycles. The molecule has 3 nitrogen and oxygen atoms in total. The lowest BCUT2D eigenvalue weighted by Crippen LogP contribution is -2.17. The van der Waals surface area contributed by atoms with Crippen molar-refractivity contribution in [3.05, 3.63) is 45.4 Å². The first kappa shape index (κ1) is 14.0. The molecule has 0 aliphatic carbocycles. The third-order valence-corrected chi connectivity index (χ3v) is 3.96. The molecular weight excluding hydrogens is 254 g/mol. The molecule has 0 radical (unpaired) electrons. The molecule has 102 valence electrons. The zero-order chi connectivity index (χ0) is 13.8. The van der Waals surface area contributed by atoms with E-state index in [0.717, 1.165) is 23.7 Å². The Balaban J connectivity index is 2.08. The fourth-order valence-electron chi connectivity index (χ4n) is 2.17. The summed E-state index contributed by atoms with van der Waals surface area (Å²) < 4.78 is 0. The fourth-order valence-corrected chi connectivity index (χ4v) is 2.97. The summed E-state index contributed by atoms with van der Waals surface area (Å²) in [5.41, 5.74) is 10.5. The van der Waals surface area contributed by atoms with Crippen LogP contribution >= 0.6 is 11.3 Å². The minimum absolute atomic E-state index is 0.667. The monoisotopic (exact) mass is 275 g/mol. The van der Waals surface area contributed by atoms with E-state index >= 15 is 0 Å². The van der Waals surface area contributed by atoms with Crippen molar-refractivity contribution in [1.29, 1.82) is 0 Å². The van der Waals surface area contributed by atoms with Crippen molar-refractivity contribution >= 4 is 17.0 Å². The van der Waals surface area contributed by atoms with Crippen LogP contribution in [0.2, 0.25) is 0 Å². The van der Waals surface area contributed by atoms with Crippen molar-refractivity contribution in [2.75, 3.05) is 18.5 Å². The summed E-state index contributed by atoms with van der Waals surface area (Å²) in [4.78, 5) is 6.84. The third-order valence-electron chi connectivity index (χ3n) is 3.00. The summed E-state index contributed by atoms with van der Waals surface area (Å²) in [5.74, 6) is 0. The Morgan fingerprint density at radius 1 is 1.21 bits per heavy atom. The predicted molar refractivity (Wildman–Crippen MR) is 82.9 cm³/mol. The van der Waals surface area contributed by atoms with Gasteiger partial charge in [0.2, 0.25) is 0 Å². The van der Waals surface area contributed by atoms with Gasteiger partial charge in [-0.05, 0) is 43.7 Å². The van der Waals surface area contributed by atoms with Crippen LogP contribution in [-0.2, 0) is 13.0 Å². The van der Waals surface area contributed by atoms with E-state index in [1.54, 1.807) is 11.3 Å². The van der Waals surface area contributed by atoms with Crippen LogP contribution in [0.25, 0.3) is 0 Å². The second kappa shape index (κ2) is 6.17. The van der Waals surface area contributed by atoms with Crippen molar-refractivity contribution in [2.24, 2.45) is 5.73 Å². The molecule has 4 heteroatoms. The second-order valence-electron chi connectivity index (χ2n) is 4.97. The highest BCUT2D eigenvalue weighted by Crippen LogP contribution is 2.20. The lowest BCUT2D eigenvalue weighted by atomic mass is 10.1. The number of anilines is 1. The molecule has 0 saturated heterocycles. The van der Waals surface area contributed by atoms with Crippen LogP contribution in [0.3, 0.4) is 0 Å². The molecule has 0 bridgehead atoms. The third kappa shape index (κ3) is 3.78. The Bertz CT molecular complexity index is 528. The quantitative estimate of drug-likeness (QED) is 0.912. The average Bonchev–Trinajstić information content (AvgIpc) is 2.76. The van der Waals surface area contributed by atoms with E-state index in [-0.39, 0.29) is 0 Å². The van der Waals surface area contributed by atoms with E-state index in [4.69, 9.17) is 5.73 Å². The van der Waals surface area contributed by atoms with Gasteiger partial charge in [-0.1, -0.05) is 6.07 Å². The van der Waals surface area contributed by atoms with Gasteiger partial charge in [0, 0.05) is 24.5 Å². The van der Waals surface area contributed by atoms with E-state index in [9.17, 15) is 0 Å². The Kier molecular flexibility index (Phi) is 4.56. The SMILES string of the molecule is Cc1cc(C)cc(N(C)Cc2csc(CCN)n2)c1. The summed E-state index contributed by atoms with van der Waals surface area (Å²) in [5, 5.41) is 3.26. The van der Waals surface area contributed by atoms with Crippen LogP contribution in [0.5, 0.6) is 0 Å². The van der Waals surface area contributed by atoms with E-state index in [1.165, 1.54) is 16.8 Å². The molecule has 0 unspecified atom stereocenters. The molecule has 2 rings (SSSR count). The standard InChI is InChI=1S/C15H21N3S/c1-11-6-12(2)8-14(7-11)18(3)9-13-10-19-15(17-13)4-5-16/h6-8,10H,4-5,9,16H2,1-3H3. The maximum Gasteiger partial charge on any atom is 0.0941 e. The molecule has 0 aliphatic heterocycles. The molecular formula is C15H21N3S. The van der Waals surface area contributed by atoms with E-state index in [2.05, 4.69) is 54.4 Å². The van der Waals surface area contributed by atoms with Crippen molar-refractivity contribution in [2.45, 2.75) is 26.8 Å². The van der Waals surface area contributed by atoms with Crippen LogP contribution < -0.4 is 10.6 Å². The first-order valence-electron chi connectivity index (χ1n) is 6.51. The molecule has 0 saturated carbocycles. The number of rotatable bonds is 5. The highest BCUT2D eigenvalue weighted by atomic mass is 32.1. The largest absolute Gasteiger partial charge is 0.369 e. The van der Waals surface area contributed by atoms with Crippen LogP contribution in [0.4, 0.5) is 5.69 Å². The molecule has 1 aromatic carbocycles. The van der Waals surface area contributed by atoms with E-state index in [1.807, 2.05) is 0 Å². The summed E-state index contributed by atoms with van der Waals surface area (Å²) in [6.45, 7) is 5.77. The molecule has 0 spiro atoms. The van der Waals surface area contributed by atoms with Gasteiger partial charge in [0.1, 0.15) is 0 Å². The number of nitrogens with two attached hydrogens (primary N) is 1. The van der Waals surface area contributed by atoms with Gasteiger partial charge >= 0.3 is 0 Å². The zero-order valence-corrected chi connectivity index (χ0v) is 12.6. The first-order valence-corrected chi connectivity index (χ1v) is 7.39. The molecule has 19 heavy (non-hydrogen) atoms. The minimum Gasteiger partial charge on any atom is -0.369 e. The zero-order valence-electron chi connectivity index (χ0n) is 11.8. The first-order chi connectivity index (χ1) is 9.08. The second-order valence-corrected chi connectivity index (χ2v) is 5.92. The molecule has 1 aromatic heterocycles.